The fourth-order valence-corrected chi connectivity index (χ4v) is 2.48. The minimum Gasteiger partial charge on any atom is -0.354 e. The van der Waals surface area contributed by atoms with Crippen molar-refractivity contribution < 1.29 is 9.59 Å². The molecule has 0 aliphatic carbocycles. The van der Waals surface area contributed by atoms with Crippen LogP contribution in [0.1, 0.15) is 33.6 Å². The van der Waals surface area contributed by atoms with Crippen LogP contribution in [0.2, 0.25) is 0 Å². The van der Waals surface area contributed by atoms with Crippen LogP contribution in [-0.4, -0.2) is 73.9 Å². The number of aliphatic imine (C=N–C) groups is 1. The molecule has 1 rings (SSSR count). The zero-order valence-electron chi connectivity index (χ0n) is 16.7. The van der Waals surface area contributed by atoms with Crippen molar-refractivity contribution in [2.75, 3.05) is 40.3 Å². The molecule has 0 spiro atoms. The van der Waals surface area contributed by atoms with Crippen LogP contribution in [0.3, 0.4) is 0 Å². The standard InChI is InChI=1S/C18H33N5O2.HI/c1-13(2)11-19-18(20-12-16(24)22(5)6)21-15-7-9-23(10-8-15)17(25)14(3)4;/h14-15H,1,7-12H2,2-6H3,(H2,19,20,21);1H. The van der Waals surface area contributed by atoms with Gasteiger partial charge in [0.05, 0.1) is 0 Å². The molecule has 8 heteroatoms. The van der Waals surface area contributed by atoms with E-state index in [0.29, 0.717) is 12.5 Å². The van der Waals surface area contributed by atoms with Gasteiger partial charge in [-0.15, -0.1) is 24.0 Å². The van der Waals surface area contributed by atoms with E-state index in [1.807, 2.05) is 25.7 Å². The highest BCUT2D eigenvalue weighted by Gasteiger charge is 2.24. The summed E-state index contributed by atoms with van der Waals surface area (Å²) in [6.07, 6.45) is 1.74. The van der Waals surface area contributed by atoms with Gasteiger partial charge in [-0.3, -0.25) is 9.59 Å². The Kier molecular flexibility index (Phi) is 11.5. The fraction of sp³-hybridized carbons (Fsp3) is 0.722. The van der Waals surface area contributed by atoms with Crippen molar-refractivity contribution in [1.29, 1.82) is 0 Å². The minimum atomic E-state index is -0.0474. The van der Waals surface area contributed by atoms with Gasteiger partial charge in [0.2, 0.25) is 11.8 Å². The van der Waals surface area contributed by atoms with Gasteiger partial charge in [-0.2, -0.15) is 0 Å². The van der Waals surface area contributed by atoms with E-state index in [1.54, 1.807) is 14.1 Å². The molecule has 0 unspecified atom stereocenters. The minimum absolute atomic E-state index is 0. The van der Waals surface area contributed by atoms with Crippen molar-refractivity contribution in [3.05, 3.63) is 12.2 Å². The van der Waals surface area contributed by atoms with Crippen LogP contribution in [0.5, 0.6) is 0 Å². The second-order valence-corrected chi connectivity index (χ2v) is 7.16. The maximum Gasteiger partial charge on any atom is 0.243 e. The molecule has 1 aliphatic heterocycles. The second kappa shape index (κ2) is 12.1. The first-order valence-corrected chi connectivity index (χ1v) is 8.88. The first-order valence-electron chi connectivity index (χ1n) is 8.88. The van der Waals surface area contributed by atoms with E-state index in [-0.39, 0.29) is 54.3 Å². The van der Waals surface area contributed by atoms with E-state index in [2.05, 4.69) is 22.2 Å². The number of likely N-dealkylation sites (tertiary alicyclic amines) is 1. The number of carbonyl (C=O) groups is 2. The molecule has 1 saturated heterocycles. The average Bonchev–Trinajstić information content (AvgIpc) is 2.56. The summed E-state index contributed by atoms with van der Waals surface area (Å²) in [6, 6.07) is 0.238. The van der Waals surface area contributed by atoms with Crippen LogP contribution in [-0.2, 0) is 9.59 Å². The zero-order valence-corrected chi connectivity index (χ0v) is 19.0. The summed E-state index contributed by atoms with van der Waals surface area (Å²) in [5, 5.41) is 6.58. The first-order chi connectivity index (χ1) is 11.7. The summed E-state index contributed by atoms with van der Waals surface area (Å²) < 4.78 is 0. The average molecular weight is 479 g/mol. The first kappa shape index (κ1) is 24.7. The highest BCUT2D eigenvalue weighted by molar-refractivity contribution is 14.0. The van der Waals surface area contributed by atoms with Gasteiger partial charge in [-0.05, 0) is 19.8 Å². The van der Waals surface area contributed by atoms with Crippen molar-refractivity contribution >= 4 is 41.8 Å². The van der Waals surface area contributed by atoms with Crippen LogP contribution in [0.4, 0.5) is 0 Å². The van der Waals surface area contributed by atoms with E-state index in [9.17, 15) is 9.59 Å². The number of hydrogen-bond donors (Lipinski definition) is 2. The Morgan fingerprint density at radius 1 is 1.27 bits per heavy atom. The molecule has 0 aromatic rings. The summed E-state index contributed by atoms with van der Waals surface area (Å²) in [7, 11) is 3.43. The third-order valence-corrected chi connectivity index (χ3v) is 4.07. The van der Waals surface area contributed by atoms with Gasteiger partial charge in [0.15, 0.2) is 5.96 Å². The van der Waals surface area contributed by atoms with Gasteiger partial charge in [-0.1, -0.05) is 26.0 Å². The molecule has 7 nitrogen and oxygen atoms in total. The molecule has 0 aromatic carbocycles. The predicted molar refractivity (Wildman–Crippen MR) is 117 cm³/mol. The highest BCUT2D eigenvalue weighted by Crippen LogP contribution is 2.13. The Hall–Kier alpha value is -1.32. The second-order valence-electron chi connectivity index (χ2n) is 7.16. The van der Waals surface area contributed by atoms with Gasteiger partial charge in [0.25, 0.3) is 0 Å². The number of nitrogens with zero attached hydrogens (tertiary/aromatic N) is 3. The molecule has 0 radical (unpaired) electrons. The van der Waals surface area contributed by atoms with Gasteiger partial charge >= 0.3 is 0 Å². The summed E-state index contributed by atoms with van der Waals surface area (Å²) in [4.78, 5) is 31.6. The fourth-order valence-electron chi connectivity index (χ4n) is 2.48. The molecule has 0 bridgehead atoms. The number of likely N-dealkylation sites (N-methyl/N-ethyl adjacent to an activating group) is 1. The number of halogens is 1. The Morgan fingerprint density at radius 3 is 2.31 bits per heavy atom. The number of carbonyl (C=O) groups excluding carboxylic acids is 2. The molecule has 0 saturated carbocycles. The number of piperidine rings is 1. The number of rotatable bonds is 6. The van der Waals surface area contributed by atoms with E-state index in [4.69, 9.17) is 0 Å². The quantitative estimate of drug-likeness (QED) is 0.262. The molecule has 1 fully saturated rings. The van der Waals surface area contributed by atoms with Crippen LogP contribution >= 0.6 is 24.0 Å². The lowest BCUT2D eigenvalue weighted by atomic mass is 10.0. The summed E-state index contributed by atoms with van der Waals surface area (Å²) in [5.74, 6) is 0.820. The van der Waals surface area contributed by atoms with Gasteiger partial charge in [0.1, 0.15) is 6.54 Å². The van der Waals surface area contributed by atoms with E-state index >= 15 is 0 Å². The molecule has 2 N–H and O–H groups in total. The van der Waals surface area contributed by atoms with Gasteiger partial charge in [0, 0.05) is 45.7 Å². The summed E-state index contributed by atoms with van der Waals surface area (Å²) in [6.45, 7) is 11.9. The normalized spacial score (nSPS) is 15.3. The molecular weight excluding hydrogens is 445 g/mol. The van der Waals surface area contributed by atoms with Crippen molar-refractivity contribution in [2.24, 2.45) is 10.9 Å². The SMILES string of the molecule is C=C(C)CNC(=NCC(=O)N(C)C)NC1CCN(C(=O)C(C)C)CC1.I. The number of hydrogen-bond acceptors (Lipinski definition) is 3. The van der Waals surface area contributed by atoms with Crippen LogP contribution < -0.4 is 10.6 Å². The van der Waals surface area contributed by atoms with Crippen LogP contribution in [0.25, 0.3) is 0 Å². The molecule has 1 heterocycles. The maximum atomic E-state index is 12.1. The lowest BCUT2D eigenvalue weighted by molar-refractivity contribution is -0.135. The van der Waals surface area contributed by atoms with Crippen LogP contribution in [0.15, 0.2) is 17.1 Å². The van der Waals surface area contributed by atoms with E-state index < -0.39 is 0 Å². The van der Waals surface area contributed by atoms with Crippen molar-refractivity contribution in [3.8, 4) is 0 Å². The van der Waals surface area contributed by atoms with Gasteiger partial charge < -0.3 is 20.4 Å². The smallest absolute Gasteiger partial charge is 0.243 e. The zero-order chi connectivity index (χ0) is 19.0. The summed E-state index contributed by atoms with van der Waals surface area (Å²) >= 11 is 0. The number of amides is 2. The third kappa shape index (κ3) is 8.86. The molecular formula is C18H34IN5O2. The topological polar surface area (TPSA) is 77.0 Å². The Labute approximate surface area is 174 Å². The van der Waals surface area contributed by atoms with Crippen molar-refractivity contribution in [1.82, 2.24) is 20.4 Å². The highest BCUT2D eigenvalue weighted by atomic mass is 127. The van der Waals surface area contributed by atoms with Gasteiger partial charge in [-0.25, -0.2) is 4.99 Å². The van der Waals surface area contributed by atoms with E-state index in [1.165, 1.54) is 4.90 Å². The summed E-state index contributed by atoms with van der Waals surface area (Å²) in [5.41, 5.74) is 0.991. The lowest BCUT2D eigenvalue weighted by Gasteiger charge is -2.34. The largest absolute Gasteiger partial charge is 0.354 e. The monoisotopic (exact) mass is 479 g/mol. The number of guanidine groups is 1. The molecule has 26 heavy (non-hydrogen) atoms. The number of nitrogens with one attached hydrogen (secondary N) is 2. The molecule has 1 aliphatic rings. The third-order valence-electron chi connectivity index (χ3n) is 4.07. The molecule has 150 valence electrons. The molecule has 2 amide bonds. The van der Waals surface area contributed by atoms with E-state index in [0.717, 1.165) is 31.5 Å². The maximum absolute atomic E-state index is 12.1. The Morgan fingerprint density at radius 2 is 1.85 bits per heavy atom. The Balaban J connectivity index is 0.00000625. The van der Waals surface area contributed by atoms with Crippen LogP contribution in [0, 0.1) is 5.92 Å². The van der Waals surface area contributed by atoms with Crippen molar-refractivity contribution in [3.63, 3.8) is 0 Å². The lowest BCUT2D eigenvalue weighted by Crippen LogP contribution is -2.50. The predicted octanol–water partition coefficient (Wildman–Crippen LogP) is 1.45. The Bertz CT molecular complexity index is 512. The molecule has 0 aromatic heterocycles. The van der Waals surface area contributed by atoms with Crippen molar-refractivity contribution in [2.45, 2.75) is 39.7 Å². The molecule has 0 atom stereocenters.